The molecule has 5 nitrogen and oxygen atoms in total. The van der Waals surface area contributed by atoms with Crippen molar-refractivity contribution in [2.24, 2.45) is 5.73 Å². The van der Waals surface area contributed by atoms with Crippen LogP contribution in [0.15, 0.2) is 0 Å². The van der Waals surface area contributed by atoms with Crippen LogP contribution < -0.4 is 5.73 Å². The normalized spacial score (nSPS) is 48.0. The van der Waals surface area contributed by atoms with Gasteiger partial charge in [-0.15, -0.1) is 0 Å². The standard InChI is InChI=1S/C8H15NO4/c1-8(2)12-6-5(10)4(3-9)11-7(6)13-8/h4-7,10H,3,9H2,1-2H3/t4-,5-,6+,7-/m1/s1. The zero-order valence-electron chi connectivity index (χ0n) is 7.77. The second kappa shape index (κ2) is 2.90. The Kier molecular flexibility index (Phi) is 2.08. The van der Waals surface area contributed by atoms with Gasteiger partial charge in [-0.1, -0.05) is 0 Å². The average molecular weight is 189 g/mol. The highest BCUT2D eigenvalue weighted by atomic mass is 16.8. The summed E-state index contributed by atoms with van der Waals surface area (Å²) in [4.78, 5) is 0. The third-order valence-electron chi connectivity index (χ3n) is 2.35. The fourth-order valence-corrected chi connectivity index (χ4v) is 1.75. The molecule has 2 fully saturated rings. The van der Waals surface area contributed by atoms with Gasteiger partial charge in [-0.25, -0.2) is 0 Å². The van der Waals surface area contributed by atoms with Crippen LogP contribution in [0, 0.1) is 0 Å². The van der Waals surface area contributed by atoms with Gasteiger partial charge >= 0.3 is 0 Å². The SMILES string of the molecule is CC1(C)O[C@H]2O[C@H](CN)[C@@H](O)[C@@H]2O1. The molecule has 0 amide bonds. The van der Waals surface area contributed by atoms with Gasteiger partial charge < -0.3 is 25.1 Å². The summed E-state index contributed by atoms with van der Waals surface area (Å²) in [5.74, 6) is -0.671. The van der Waals surface area contributed by atoms with Gasteiger partial charge in [0.15, 0.2) is 12.1 Å². The first-order chi connectivity index (χ1) is 6.03. The molecule has 2 rings (SSSR count). The number of aliphatic hydroxyl groups excluding tert-OH is 1. The third-order valence-corrected chi connectivity index (χ3v) is 2.35. The van der Waals surface area contributed by atoms with Gasteiger partial charge in [-0.05, 0) is 13.8 Å². The van der Waals surface area contributed by atoms with Crippen LogP contribution >= 0.6 is 0 Å². The molecule has 2 aliphatic rings. The molecule has 3 N–H and O–H groups in total. The average Bonchev–Trinajstić information content (AvgIpc) is 2.47. The summed E-state index contributed by atoms with van der Waals surface area (Å²) in [5, 5.41) is 9.68. The molecular formula is C8H15NO4. The Morgan fingerprint density at radius 1 is 1.38 bits per heavy atom. The van der Waals surface area contributed by atoms with E-state index >= 15 is 0 Å². The van der Waals surface area contributed by atoms with E-state index in [1.807, 2.05) is 0 Å². The van der Waals surface area contributed by atoms with Gasteiger partial charge in [0, 0.05) is 6.54 Å². The van der Waals surface area contributed by atoms with Crippen molar-refractivity contribution in [2.45, 2.75) is 44.2 Å². The lowest BCUT2D eigenvalue weighted by Crippen LogP contribution is -2.38. The monoisotopic (exact) mass is 189 g/mol. The molecule has 0 aliphatic carbocycles. The summed E-state index contributed by atoms with van der Waals surface area (Å²) < 4.78 is 16.2. The zero-order chi connectivity index (χ0) is 9.64. The fraction of sp³-hybridized carbons (Fsp3) is 1.00. The van der Waals surface area contributed by atoms with E-state index in [2.05, 4.69) is 0 Å². The number of aliphatic hydroxyl groups is 1. The lowest BCUT2D eigenvalue weighted by Gasteiger charge is -2.22. The fourth-order valence-electron chi connectivity index (χ4n) is 1.75. The van der Waals surface area contributed by atoms with E-state index in [1.54, 1.807) is 13.8 Å². The van der Waals surface area contributed by atoms with Crippen LogP contribution in [0.1, 0.15) is 13.8 Å². The first-order valence-electron chi connectivity index (χ1n) is 4.43. The van der Waals surface area contributed by atoms with E-state index in [0.29, 0.717) is 0 Å². The second-order valence-corrected chi connectivity index (χ2v) is 3.87. The molecule has 13 heavy (non-hydrogen) atoms. The summed E-state index contributed by atoms with van der Waals surface area (Å²) in [6, 6.07) is 0. The predicted molar refractivity (Wildman–Crippen MR) is 43.8 cm³/mol. The van der Waals surface area contributed by atoms with Crippen molar-refractivity contribution in [2.75, 3.05) is 6.54 Å². The van der Waals surface area contributed by atoms with Gasteiger partial charge in [0.2, 0.25) is 0 Å². The quantitative estimate of drug-likeness (QED) is 0.564. The molecule has 2 heterocycles. The number of hydrogen-bond donors (Lipinski definition) is 2. The van der Waals surface area contributed by atoms with Crippen molar-refractivity contribution in [3.8, 4) is 0 Å². The van der Waals surface area contributed by atoms with Crippen LogP contribution in [0.2, 0.25) is 0 Å². The molecule has 4 atom stereocenters. The molecular weight excluding hydrogens is 174 g/mol. The minimum absolute atomic E-state index is 0.279. The van der Waals surface area contributed by atoms with E-state index in [0.717, 1.165) is 0 Å². The van der Waals surface area contributed by atoms with Crippen molar-refractivity contribution >= 4 is 0 Å². The number of nitrogens with two attached hydrogens (primary N) is 1. The molecule has 0 aromatic rings. The van der Waals surface area contributed by atoms with Crippen molar-refractivity contribution in [1.29, 1.82) is 0 Å². The Balaban J connectivity index is 2.07. The van der Waals surface area contributed by atoms with Gasteiger partial charge in [0.1, 0.15) is 18.3 Å². The highest BCUT2D eigenvalue weighted by molar-refractivity contribution is 4.92. The van der Waals surface area contributed by atoms with Gasteiger partial charge in [0.25, 0.3) is 0 Å². The van der Waals surface area contributed by atoms with Crippen molar-refractivity contribution in [3.05, 3.63) is 0 Å². The number of ether oxygens (including phenoxy) is 3. The lowest BCUT2D eigenvalue weighted by molar-refractivity contribution is -0.213. The van der Waals surface area contributed by atoms with Gasteiger partial charge in [0.05, 0.1) is 0 Å². The number of fused-ring (bicyclic) bond motifs is 1. The molecule has 0 unspecified atom stereocenters. The second-order valence-electron chi connectivity index (χ2n) is 3.87. The van der Waals surface area contributed by atoms with E-state index in [9.17, 15) is 5.11 Å². The Morgan fingerprint density at radius 3 is 2.62 bits per heavy atom. The van der Waals surface area contributed by atoms with E-state index in [4.69, 9.17) is 19.9 Å². The third kappa shape index (κ3) is 1.47. The minimum atomic E-state index is -0.684. The van der Waals surface area contributed by atoms with Crippen molar-refractivity contribution < 1.29 is 19.3 Å². The Labute approximate surface area is 76.8 Å². The van der Waals surface area contributed by atoms with E-state index in [1.165, 1.54) is 0 Å². The maximum atomic E-state index is 9.68. The molecule has 0 saturated carbocycles. The smallest absolute Gasteiger partial charge is 0.190 e. The molecule has 0 aromatic carbocycles. The molecule has 76 valence electrons. The Morgan fingerprint density at radius 2 is 2.08 bits per heavy atom. The maximum absolute atomic E-state index is 9.68. The van der Waals surface area contributed by atoms with Crippen molar-refractivity contribution in [1.82, 2.24) is 0 Å². The molecule has 2 saturated heterocycles. The predicted octanol–water partition coefficient (Wildman–Crippen LogP) is -0.818. The topological polar surface area (TPSA) is 73.9 Å². The summed E-state index contributed by atoms with van der Waals surface area (Å²) >= 11 is 0. The molecule has 5 heteroatoms. The molecule has 0 spiro atoms. The van der Waals surface area contributed by atoms with Crippen LogP contribution in [0.3, 0.4) is 0 Å². The Hall–Kier alpha value is -0.200. The van der Waals surface area contributed by atoms with Crippen LogP contribution in [-0.2, 0) is 14.2 Å². The molecule has 0 bridgehead atoms. The maximum Gasteiger partial charge on any atom is 0.190 e. The van der Waals surface area contributed by atoms with E-state index < -0.39 is 24.3 Å². The minimum Gasteiger partial charge on any atom is -0.387 e. The highest BCUT2D eigenvalue weighted by Crippen LogP contribution is 2.36. The molecule has 2 aliphatic heterocycles. The highest BCUT2D eigenvalue weighted by Gasteiger charge is 2.53. The summed E-state index contributed by atoms with van der Waals surface area (Å²) in [5.41, 5.74) is 5.40. The van der Waals surface area contributed by atoms with E-state index in [-0.39, 0.29) is 12.6 Å². The van der Waals surface area contributed by atoms with Crippen LogP contribution in [0.25, 0.3) is 0 Å². The molecule has 0 aromatic heterocycles. The number of hydrogen-bond acceptors (Lipinski definition) is 5. The van der Waals surface area contributed by atoms with Crippen LogP contribution in [-0.4, -0.2) is 42.0 Å². The van der Waals surface area contributed by atoms with Gasteiger partial charge in [-0.2, -0.15) is 0 Å². The summed E-state index contributed by atoms with van der Waals surface area (Å²) in [6.45, 7) is 3.86. The largest absolute Gasteiger partial charge is 0.387 e. The number of rotatable bonds is 1. The first-order valence-corrected chi connectivity index (χ1v) is 4.43. The first kappa shape index (κ1) is 9.36. The Bertz CT molecular complexity index is 208. The lowest BCUT2D eigenvalue weighted by atomic mass is 10.1. The summed E-state index contributed by atoms with van der Waals surface area (Å²) in [7, 11) is 0. The van der Waals surface area contributed by atoms with Crippen LogP contribution in [0.5, 0.6) is 0 Å². The zero-order valence-corrected chi connectivity index (χ0v) is 7.77. The van der Waals surface area contributed by atoms with Crippen LogP contribution in [0.4, 0.5) is 0 Å². The molecule has 0 radical (unpaired) electrons. The summed E-state index contributed by atoms with van der Waals surface area (Å²) in [6.07, 6.45) is -1.93. The van der Waals surface area contributed by atoms with Gasteiger partial charge in [-0.3, -0.25) is 0 Å². The van der Waals surface area contributed by atoms with Crippen molar-refractivity contribution in [3.63, 3.8) is 0 Å².